The van der Waals surface area contributed by atoms with Gasteiger partial charge in [-0.25, -0.2) is 13.6 Å². The first-order valence-electron chi connectivity index (χ1n) is 9.58. The summed E-state index contributed by atoms with van der Waals surface area (Å²) in [5, 5.41) is 2.60. The van der Waals surface area contributed by atoms with Crippen LogP contribution in [0.25, 0.3) is 0 Å². The first-order chi connectivity index (χ1) is 12.4. The second kappa shape index (κ2) is 8.10. The van der Waals surface area contributed by atoms with Crippen molar-refractivity contribution in [2.24, 2.45) is 5.92 Å². The summed E-state index contributed by atoms with van der Waals surface area (Å²) in [5.41, 5.74) is -0.743. The molecule has 0 aromatic rings. The zero-order valence-electron chi connectivity index (χ0n) is 16.5. The third-order valence-corrected chi connectivity index (χ3v) is 5.18. The number of alkyl halides is 2. The van der Waals surface area contributed by atoms with Gasteiger partial charge in [-0.15, -0.1) is 0 Å². The molecule has 0 spiro atoms. The van der Waals surface area contributed by atoms with E-state index in [2.05, 4.69) is 5.32 Å². The van der Waals surface area contributed by atoms with Crippen molar-refractivity contribution in [3.05, 3.63) is 0 Å². The summed E-state index contributed by atoms with van der Waals surface area (Å²) in [6, 6.07) is -1.47. The van der Waals surface area contributed by atoms with E-state index in [4.69, 9.17) is 4.74 Å². The molecule has 2 rings (SSSR count). The maximum absolute atomic E-state index is 13.5. The van der Waals surface area contributed by atoms with Crippen LogP contribution >= 0.6 is 0 Å². The van der Waals surface area contributed by atoms with Gasteiger partial charge in [0, 0.05) is 19.4 Å². The zero-order chi connectivity index (χ0) is 20.4. The van der Waals surface area contributed by atoms with Crippen molar-refractivity contribution < 1.29 is 27.9 Å². The summed E-state index contributed by atoms with van der Waals surface area (Å²) < 4.78 is 32.3. The maximum atomic E-state index is 13.5. The molecule has 27 heavy (non-hydrogen) atoms. The standard InChI is InChI=1S/C19H30F2N2O4/c1-12(24)14-6-5-11-23(14)16(25)15(22-17(26)27-18(2,3)4)13-7-9-19(20,21)10-8-13/h13-15H,5-11H2,1-4H3,(H,22,26)/t14-,15-/m0/s1. The maximum Gasteiger partial charge on any atom is 0.408 e. The van der Waals surface area contributed by atoms with Crippen molar-refractivity contribution in [3.8, 4) is 0 Å². The van der Waals surface area contributed by atoms with Crippen LogP contribution in [0.2, 0.25) is 0 Å². The van der Waals surface area contributed by atoms with E-state index in [9.17, 15) is 23.2 Å². The number of Topliss-reactive ketones (excluding diaryl/α,β-unsaturated/α-hetero) is 1. The highest BCUT2D eigenvalue weighted by atomic mass is 19.3. The normalized spacial score (nSPS) is 24.4. The van der Waals surface area contributed by atoms with E-state index in [1.54, 1.807) is 20.8 Å². The number of hydrogen-bond acceptors (Lipinski definition) is 4. The van der Waals surface area contributed by atoms with Gasteiger partial charge < -0.3 is 15.0 Å². The number of halogens is 2. The number of likely N-dealkylation sites (tertiary alicyclic amines) is 1. The monoisotopic (exact) mass is 388 g/mol. The molecule has 0 unspecified atom stereocenters. The minimum Gasteiger partial charge on any atom is -0.444 e. The number of carbonyl (C=O) groups excluding carboxylic acids is 3. The summed E-state index contributed by atoms with van der Waals surface area (Å²) in [6.07, 6.45) is 0.189. The Balaban J connectivity index is 2.17. The fourth-order valence-electron chi connectivity index (χ4n) is 3.84. The molecule has 1 aliphatic heterocycles. The minimum atomic E-state index is -2.73. The smallest absolute Gasteiger partial charge is 0.408 e. The number of carbonyl (C=O) groups is 3. The molecular formula is C19H30F2N2O4. The molecule has 1 saturated carbocycles. The Kier molecular flexibility index (Phi) is 6.47. The highest BCUT2D eigenvalue weighted by Gasteiger charge is 2.44. The van der Waals surface area contributed by atoms with Crippen LogP contribution in [0.4, 0.5) is 13.6 Å². The molecule has 1 aliphatic carbocycles. The molecule has 2 fully saturated rings. The Hall–Kier alpha value is -1.73. The van der Waals surface area contributed by atoms with E-state index in [-0.39, 0.29) is 37.4 Å². The van der Waals surface area contributed by atoms with Crippen molar-refractivity contribution in [1.29, 1.82) is 0 Å². The van der Waals surface area contributed by atoms with Crippen LogP contribution in [0, 0.1) is 5.92 Å². The minimum absolute atomic E-state index is 0.105. The number of nitrogens with zero attached hydrogens (tertiary/aromatic N) is 1. The van der Waals surface area contributed by atoms with Crippen LogP contribution in [0.1, 0.15) is 66.2 Å². The predicted molar refractivity (Wildman–Crippen MR) is 95.5 cm³/mol. The molecular weight excluding hydrogens is 358 g/mol. The van der Waals surface area contributed by atoms with Gasteiger partial charge >= 0.3 is 6.09 Å². The molecule has 0 radical (unpaired) electrons. The Morgan fingerprint density at radius 2 is 1.74 bits per heavy atom. The van der Waals surface area contributed by atoms with E-state index in [0.717, 1.165) is 0 Å². The molecule has 2 atom stereocenters. The summed E-state index contributed by atoms with van der Waals surface area (Å²) in [5.74, 6) is -3.62. The van der Waals surface area contributed by atoms with E-state index < -0.39 is 35.6 Å². The lowest BCUT2D eigenvalue weighted by Gasteiger charge is -2.36. The van der Waals surface area contributed by atoms with E-state index in [1.165, 1.54) is 11.8 Å². The van der Waals surface area contributed by atoms with Gasteiger partial charge in [0.05, 0.1) is 6.04 Å². The quantitative estimate of drug-likeness (QED) is 0.802. The number of ether oxygens (including phenoxy) is 1. The van der Waals surface area contributed by atoms with Gasteiger partial charge in [-0.1, -0.05) is 0 Å². The summed E-state index contributed by atoms with van der Waals surface area (Å²) in [4.78, 5) is 38.7. The second-order valence-electron chi connectivity index (χ2n) is 8.62. The summed E-state index contributed by atoms with van der Waals surface area (Å²) >= 11 is 0. The number of nitrogens with one attached hydrogen (secondary N) is 1. The van der Waals surface area contributed by atoms with Gasteiger partial charge in [0.15, 0.2) is 5.78 Å². The van der Waals surface area contributed by atoms with Crippen molar-refractivity contribution in [2.75, 3.05) is 6.54 Å². The zero-order valence-corrected chi connectivity index (χ0v) is 16.5. The molecule has 2 aliphatic rings. The topological polar surface area (TPSA) is 75.7 Å². The highest BCUT2D eigenvalue weighted by molar-refractivity contribution is 5.92. The Morgan fingerprint density at radius 1 is 1.15 bits per heavy atom. The second-order valence-corrected chi connectivity index (χ2v) is 8.62. The van der Waals surface area contributed by atoms with Crippen molar-refractivity contribution in [2.45, 2.75) is 89.8 Å². The van der Waals surface area contributed by atoms with Crippen LogP contribution in [0.5, 0.6) is 0 Å². The number of alkyl carbamates (subject to hydrolysis) is 1. The van der Waals surface area contributed by atoms with Crippen LogP contribution in [0.15, 0.2) is 0 Å². The van der Waals surface area contributed by atoms with Gasteiger partial charge in [0.25, 0.3) is 0 Å². The van der Waals surface area contributed by atoms with Gasteiger partial charge in [-0.3, -0.25) is 9.59 Å². The van der Waals surface area contributed by atoms with Crippen LogP contribution in [0.3, 0.4) is 0 Å². The average molecular weight is 388 g/mol. The third kappa shape index (κ3) is 5.87. The lowest BCUT2D eigenvalue weighted by molar-refractivity contribution is -0.141. The SMILES string of the molecule is CC(=O)[C@@H]1CCCN1C(=O)[C@@H](NC(=O)OC(C)(C)C)C1CCC(F)(F)CC1. The molecule has 1 saturated heterocycles. The molecule has 0 aromatic heterocycles. The summed E-state index contributed by atoms with van der Waals surface area (Å²) in [7, 11) is 0. The number of amides is 2. The van der Waals surface area contributed by atoms with E-state index in [1.807, 2.05) is 0 Å². The Labute approximate surface area is 159 Å². The van der Waals surface area contributed by atoms with Gasteiger partial charge in [0.1, 0.15) is 11.6 Å². The lowest BCUT2D eigenvalue weighted by Crippen LogP contribution is -2.55. The largest absolute Gasteiger partial charge is 0.444 e. The number of hydrogen-bond donors (Lipinski definition) is 1. The molecule has 0 bridgehead atoms. The third-order valence-electron chi connectivity index (χ3n) is 5.18. The highest BCUT2D eigenvalue weighted by Crippen LogP contribution is 2.38. The van der Waals surface area contributed by atoms with E-state index >= 15 is 0 Å². The molecule has 1 heterocycles. The van der Waals surface area contributed by atoms with Gasteiger partial charge in [-0.2, -0.15) is 0 Å². The molecule has 1 N–H and O–H groups in total. The van der Waals surface area contributed by atoms with Crippen molar-refractivity contribution in [3.63, 3.8) is 0 Å². The fraction of sp³-hybridized carbons (Fsp3) is 0.842. The Morgan fingerprint density at radius 3 is 2.26 bits per heavy atom. The first-order valence-corrected chi connectivity index (χ1v) is 9.58. The lowest BCUT2D eigenvalue weighted by atomic mass is 9.81. The average Bonchev–Trinajstić information content (AvgIpc) is 3.00. The molecule has 0 aromatic carbocycles. The van der Waals surface area contributed by atoms with Crippen molar-refractivity contribution in [1.82, 2.24) is 10.2 Å². The molecule has 154 valence electrons. The van der Waals surface area contributed by atoms with E-state index in [0.29, 0.717) is 19.4 Å². The first kappa shape index (κ1) is 21.6. The van der Waals surface area contributed by atoms with Crippen LogP contribution in [-0.2, 0) is 14.3 Å². The summed E-state index contributed by atoms with van der Waals surface area (Å²) in [6.45, 7) is 6.98. The van der Waals surface area contributed by atoms with Crippen LogP contribution in [-0.4, -0.2) is 52.8 Å². The molecule has 6 nitrogen and oxygen atoms in total. The predicted octanol–water partition coefficient (Wildman–Crippen LogP) is 3.29. The Bertz CT molecular complexity index is 579. The molecule has 2 amide bonds. The van der Waals surface area contributed by atoms with Crippen molar-refractivity contribution >= 4 is 17.8 Å². The van der Waals surface area contributed by atoms with Gasteiger partial charge in [0.2, 0.25) is 11.8 Å². The van der Waals surface area contributed by atoms with Crippen LogP contribution < -0.4 is 5.32 Å². The fourth-order valence-corrected chi connectivity index (χ4v) is 3.84. The van der Waals surface area contributed by atoms with Gasteiger partial charge in [-0.05, 0) is 59.3 Å². The number of ketones is 1. The number of rotatable bonds is 4. The molecule has 8 heteroatoms.